The highest BCUT2D eigenvalue weighted by atomic mass is 32.2. The number of rotatable bonds is 7. The van der Waals surface area contributed by atoms with Gasteiger partial charge in [0.1, 0.15) is 29.1 Å². The molecule has 172 valence electrons. The van der Waals surface area contributed by atoms with Gasteiger partial charge in [0.2, 0.25) is 0 Å². The van der Waals surface area contributed by atoms with E-state index in [-0.39, 0.29) is 54.3 Å². The van der Waals surface area contributed by atoms with Crippen molar-refractivity contribution in [2.45, 2.75) is 12.1 Å². The first-order valence-electron chi connectivity index (χ1n) is 9.72. The highest BCUT2D eigenvalue weighted by Gasteiger charge is 2.55. The second-order valence-electron chi connectivity index (χ2n) is 7.20. The minimum atomic E-state index is -1.15. The molecule has 1 spiro atoms. The average molecular weight is 477 g/mol. The third kappa shape index (κ3) is 3.73. The van der Waals surface area contributed by atoms with Gasteiger partial charge in [-0.25, -0.2) is 23.3 Å². The number of oxazole rings is 1. The van der Waals surface area contributed by atoms with Gasteiger partial charge in [0.25, 0.3) is 0 Å². The Morgan fingerprint density at radius 1 is 1.27 bits per heavy atom. The van der Waals surface area contributed by atoms with Gasteiger partial charge in [-0.3, -0.25) is 9.62 Å². The van der Waals surface area contributed by atoms with Crippen molar-refractivity contribution in [2.75, 3.05) is 25.0 Å². The van der Waals surface area contributed by atoms with E-state index in [1.807, 2.05) is 0 Å². The maximum Gasteiger partial charge on any atom is 0.416 e. The van der Waals surface area contributed by atoms with Gasteiger partial charge in [-0.2, -0.15) is 4.98 Å². The van der Waals surface area contributed by atoms with E-state index in [4.69, 9.17) is 18.6 Å². The fourth-order valence-corrected chi connectivity index (χ4v) is 4.07. The van der Waals surface area contributed by atoms with Gasteiger partial charge in [0, 0.05) is 36.0 Å². The molecule has 0 aliphatic carbocycles. The second-order valence-corrected chi connectivity index (χ2v) is 8.01. The van der Waals surface area contributed by atoms with Gasteiger partial charge >= 0.3 is 12.2 Å². The lowest BCUT2D eigenvalue weighted by Crippen LogP contribution is -2.64. The summed E-state index contributed by atoms with van der Waals surface area (Å²) in [5, 5.41) is 0. The molecule has 4 heterocycles. The Bertz CT molecular complexity index is 1190. The number of benzene rings is 1. The summed E-state index contributed by atoms with van der Waals surface area (Å²) in [6.45, 7) is -0.123. The van der Waals surface area contributed by atoms with Crippen molar-refractivity contribution in [1.29, 1.82) is 0 Å². The summed E-state index contributed by atoms with van der Waals surface area (Å²) in [5.74, 6) is -1.27. The minimum Gasteiger partial charge on any atom is -0.417 e. The van der Waals surface area contributed by atoms with Crippen LogP contribution in [0.15, 0.2) is 41.3 Å². The molecule has 0 radical (unpaired) electrons. The summed E-state index contributed by atoms with van der Waals surface area (Å²) < 4.78 is 56.9. The zero-order chi connectivity index (χ0) is 23.0. The Morgan fingerprint density at radius 3 is 2.82 bits per heavy atom. The number of carbonyl (C=O) groups is 1. The number of hydrogen-bond donors (Lipinski definition) is 2. The average Bonchev–Trinajstić information content (AvgIpc) is 3.26. The van der Waals surface area contributed by atoms with Crippen LogP contribution in [-0.2, 0) is 16.8 Å². The molecule has 10 nitrogen and oxygen atoms in total. The zero-order valence-corrected chi connectivity index (χ0v) is 17.9. The van der Waals surface area contributed by atoms with E-state index in [0.29, 0.717) is 0 Å². The molecule has 33 heavy (non-hydrogen) atoms. The van der Waals surface area contributed by atoms with Crippen LogP contribution in [0.5, 0.6) is 17.6 Å². The maximum absolute atomic E-state index is 15.3. The third-order valence-electron chi connectivity index (χ3n) is 5.27. The van der Waals surface area contributed by atoms with Crippen LogP contribution in [0.25, 0.3) is 0 Å². The van der Waals surface area contributed by atoms with E-state index in [1.54, 1.807) is 7.05 Å². The molecule has 2 N–H and O–H groups in total. The van der Waals surface area contributed by atoms with Gasteiger partial charge in [-0.15, -0.1) is 0 Å². The molecule has 5 rings (SSSR count). The first kappa shape index (κ1) is 21.4. The lowest BCUT2D eigenvalue weighted by atomic mass is 9.83. The van der Waals surface area contributed by atoms with Gasteiger partial charge < -0.3 is 18.6 Å². The number of nitrogens with one attached hydrogen (secondary N) is 2. The van der Waals surface area contributed by atoms with Crippen LogP contribution in [0.4, 0.5) is 19.4 Å². The van der Waals surface area contributed by atoms with Crippen LogP contribution in [0.2, 0.25) is 0 Å². The van der Waals surface area contributed by atoms with Gasteiger partial charge in [0.15, 0.2) is 11.6 Å². The smallest absolute Gasteiger partial charge is 0.416 e. The molecule has 0 atom stereocenters. The quantitative estimate of drug-likeness (QED) is 0.490. The van der Waals surface area contributed by atoms with Crippen molar-refractivity contribution >= 4 is 24.0 Å². The van der Waals surface area contributed by atoms with Crippen molar-refractivity contribution in [3.05, 3.63) is 59.6 Å². The highest BCUT2D eigenvalue weighted by molar-refractivity contribution is 7.98. The first-order valence-corrected chi connectivity index (χ1v) is 10.5. The normalized spacial score (nSPS) is 16.2. The van der Waals surface area contributed by atoms with Crippen LogP contribution in [0.1, 0.15) is 11.1 Å². The molecule has 1 aromatic carbocycles. The molecule has 2 aromatic heterocycles. The van der Waals surface area contributed by atoms with Crippen LogP contribution in [0.3, 0.4) is 0 Å². The fraction of sp³-hybridized carbons (Fsp3) is 0.250. The Hall–Kier alpha value is -3.42. The number of carbonyl (C=O) groups excluding carboxylic acids is 1. The first-order chi connectivity index (χ1) is 16.0. The summed E-state index contributed by atoms with van der Waals surface area (Å²) >= 11 is 1.04. The lowest BCUT2D eigenvalue weighted by Gasteiger charge is -2.51. The highest BCUT2D eigenvalue weighted by Crippen LogP contribution is 2.48. The predicted octanol–water partition coefficient (Wildman–Crippen LogP) is 3.57. The Kier molecular flexibility index (Phi) is 5.52. The molecular weight excluding hydrogens is 460 g/mol. The van der Waals surface area contributed by atoms with Gasteiger partial charge in [-0.05, 0) is 13.1 Å². The molecule has 0 bridgehead atoms. The molecule has 13 heteroatoms. The Morgan fingerprint density at radius 2 is 2.12 bits per heavy atom. The largest absolute Gasteiger partial charge is 0.417 e. The topological polar surface area (TPSA) is 111 Å². The Labute approximate surface area is 190 Å². The number of ether oxygens (including phenoxy) is 3. The van der Waals surface area contributed by atoms with Crippen LogP contribution in [-0.4, -0.2) is 41.2 Å². The van der Waals surface area contributed by atoms with Crippen molar-refractivity contribution in [3.8, 4) is 17.6 Å². The second kappa shape index (κ2) is 8.50. The SMILES string of the molecule is CNSNc1nccc(CN2C(=O)Oc3cc(Oc4ncco4)cc(F)c3C23COC3)c1F. The lowest BCUT2D eigenvalue weighted by molar-refractivity contribution is -0.145. The van der Waals surface area contributed by atoms with Gasteiger partial charge in [-0.1, -0.05) is 0 Å². The van der Waals surface area contributed by atoms with Crippen molar-refractivity contribution < 1.29 is 32.2 Å². The maximum atomic E-state index is 15.3. The standard InChI is InChI=1S/C20H17F2N5O5S/c1-23-33-26-17-16(22)11(2-3-24-17)8-27-19(28)32-14-7-12(31-18-25-4-5-30-18)6-13(21)15(14)20(27)9-29-10-20/h2-7,23H,8-10H2,1H3,(H,24,26). The van der Waals surface area contributed by atoms with E-state index < -0.39 is 23.3 Å². The number of hydrogen-bond acceptors (Lipinski definition) is 10. The molecule has 1 fully saturated rings. The number of fused-ring (bicyclic) bond motifs is 2. The van der Waals surface area contributed by atoms with E-state index in [1.165, 1.54) is 35.7 Å². The van der Waals surface area contributed by atoms with Crippen LogP contribution >= 0.6 is 12.1 Å². The summed E-state index contributed by atoms with van der Waals surface area (Å²) in [7, 11) is 1.66. The molecule has 3 aromatic rings. The van der Waals surface area contributed by atoms with Crippen molar-refractivity contribution in [3.63, 3.8) is 0 Å². The van der Waals surface area contributed by atoms with E-state index >= 15 is 4.39 Å². The minimum absolute atomic E-state index is 0.00366. The fourth-order valence-electron chi connectivity index (χ4n) is 3.73. The van der Waals surface area contributed by atoms with E-state index in [2.05, 4.69) is 19.4 Å². The summed E-state index contributed by atoms with van der Waals surface area (Å²) in [5.41, 5.74) is -0.842. The molecule has 1 amide bonds. The molecule has 2 aliphatic heterocycles. The summed E-state index contributed by atoms with van der Waals surface area (Å²) in [6.07, 6.45) is 3.23. The Balaban J connectivity index is 1.48. The predicted molar refractivity (Wildman–Crippen MR) is 112 cm³/mol. The summed E-state index contributed by atoms with van der Waals surface area (Å²) in [6, 6.07) is 3.97. The molecule has 0 unspecified atom stereocenters. The van der Waals surface area contributed by atoms with Crippen LogP contribution in [0, 0.1) is 11.6 Å². The van der Waals surface area contributed by atoms with Gasteiger partial charge in [0.05, 0.1) is 31.5 Å². The number of halogens is 2. The molecule has 2 aliphatic rings. The van der Waals surface area contributed by atoms with E-state index in [9.17, 15) is 9.18 Å². The number of amides is 1. The molecule has 0 saturated carbocycles. The number of pyridine rings is 1. The third-order valence-corrected chi connectivity index (χ3v) is 5.77. The number of aromatic nitrogens is 2. The number of anilines is 1. The molecular formula is C20H17F2N5O5S. The van der Waals surface area contributed by atoms with Crippen molar-refractivity contribution in [1.82, 2.24) is 19.6 Å². The monoisotopic (exact) mass is 477 g/mol. The van der Waals surface area contributed by atoms with Crippen molar-refractivity contribution in [2.24, 2.45) is 0 Å². The van der Waals surface area contributed by atoms with E-state index in [0.717, 1.165) is 18.2 Å². The molecule has 1 saturated heterocycles. The zero-order valence-electron chi connectivity index (χ0n) is 17.1. The van der Waals surface area contributed by atoms with Crippen LogP contribution < -0.4 is 18.9 Å². The number of nitrogens with zero attached hydrogens (tertiary/aromatic N) is 3. The summed E-state index contributed by atoms with van der Waals surface area (Å²) in [4.78, 5) is 22.0.